The van der Waals surface area contributed by atoms with Crippen molar-refractivity contribution < 1.29 is 20.1 Å². The van der Waals surface area contributed by atoms with Crippen LogP contribution < -0.4 is 5.46 Å². The van der Waals surface area contributed by atoms with E-state index >= 15 is 0 Å². The Morgan fingerprint density at radius 2 is 1.42 bits per heavy atom. The summed E-state index contributed by atoms with van der Waals surface area (Å²) in [4.78, 5) is 17.9. The van der Waals surface area contributed by atoms with Crippen molar-refractivity contribution in [2.75, 3.05) is 6.54 Å². The Labute approximate surface area is 230 Å². The van der Waals surface area contributed by atoms with Gasteiger partial charge in [0.1, 0.15) is 7.85 Å². The topological polar surface area (TPSA) is 96.8 Å². The van der Waals surface area contributed by atoms with Gasteiger partial charge in [-0.1, -0.05) is 96.8 Å². The van der Waals surface area contributed by atoms with Gasteiger partial charge in [0.25, 0.3) is 0 Å². The van der Waals surface area contributed by atoms with Gasteiger partial charge >= 0.3 is 0 Å². The Morgan fingerprint density at radius 1 is 0.868 bits per heavy atom. The van der Waals surface area contributed by atoms with Crippen LogP contribution in [-0.4, -0.2) is 51.5 Å². The molecule has 0 bridgehead atoms. The molecule has 2 heterocycles. The minimum atomic E-state index is -0.621. The van der Waals surface area contributed by atoms with Crippen molar-refractivity contribution in [1.82, 2.24) is 9.88 Å². The number of benzene rings is 1. The number of rotatable bonds is 18. The Balaban J connectivity index is 1.30. The molecule has 2 radical (unpaired) electrons. The van der Waals surface area contributed by atoms with Gasteiger partial charge in [-0.3, -0.25) is 4.79 Å². The molecule has 0 aliphatic carbocycles. The molecule has 1 fully saturated rings. The highest BCUT2D eigenvalue weighted by atomic mass is 16.3. The fourth-order valence-corrected chi connectivity index (χ4v) is 6.02. The maximum absolute atomic E-state index is 13.0. The molecule has 2 aromatic rings. The smallest absolute Gasteiger partial charge is 0.222 e. The molecule has 1 amide bonds. The average molecular weight is 525 g/mol. The second kappa shape index (κ2) is 16.0. The molecule has 1 unspecified atom stereocenters. The molecule has 6 nitrogen and oxygen atoms in total. The highest BCUT2D eigenvalue weighted by molar-refractivity contribution is 6.41. The first-order chi connectivity index (χ1) is 18.5. The van der Waals surface area contributed by atoms with Crippen molar-refractivity contribution in [3.63, 3.8) is 0 Å². The highest BCUT2D eigenvalue weighted by Gasteiger charge is 2.30. The van der Waals surface area contributed by atoms with Crippen molar-refractivity contribution >= 4 is 30.1 Å². The summed E-state index contributed by atoms with van der Waals surface area (Å²) in [5.74, 6) is -1.32. The van der Waals surface area contributed by atoms with Gasteiger partial charge in [0.2, 0.25) is 11.7 Å². The second-order valence-corrected chi connectivity index (χ2v) is 11.3. The van der Waals surface area contributed by atoms with E-state index in [-0.39, 0.29) is 17.4 Å². The Bertz CT molecular complexity index is 1010. The summed E-state index contributed by atoms with van der Waals surface area (Å²) >= 11 is 0. The Morgan fingerprint density at radius 3 is 2.00 bits per heavy atom. The first kappa shape index (κ1) is 30.2. The van der Waals surface area contributed by atoms with Gasteiger partial charge < -0.3 is 25.2 Å². The summed E-state index contributed by atoms with van der Waals surface area (Å²) in [6, 6.07) is 0.0790. The predicted molar refractivity (Wildman–Crippen MR) is 157 cm³/mol. The molecule has 38 heavy (non-hydrogen) atoms. The number of carbonyl (C=O) groups is 1. The van der Waals surface area contributed by atoms with E-state index < -0.39 is 17.2 Å². The zero-order valence-corrected chi connectivity index (χ0v) is 23.6. The van der Waals surface area contributed by atoms with Crippen molar-refractivity contribution in [3.8, 4) is 17.2 Å². The van der Waals surface area contributed by atoms with Crippen LogP contribution in [0.5, 0.6) is 17.2 Å². The molecule has 1 saturated heterocycles. The lowest BCUT2D eigenvalue weighted by Crippen LogP contribution is -2.36. The number of phenolic OH excluding ortho intramolecular Hbond substituents is 3. The predicted octanol–water partition coefficient (Wildman–Crippen LogP) is 6.87. The first-order valence-electron chi connectivity index (χ1n) is 15.3. The number of aromatic nitrogens is 1. The molecule has 1 atom stereocenters. The molecule has 1 aliphatic heterocycles. The van der Waals surface area contributed by atoms with Gasteiger partial charge in [-0.2, -0.15) is 0 Å². The normalized spacial score (nSPS) is 15.6. The molecule has 0 spiro atoms. The van der Waals surface area contributed by atoms with Crippen molar-refractivity contribution in [2.24, 2.45) is 0 Å². The molecule has 0 saturated carbocycles. The number of aromatic amines is 1. The summed E-state index contributed by atoms with van der Waals surface area (Å²) in [6.45, 7) is 3.05. The highest BCUT2D eigenvalue weighted by Crippen LogP contribution is 2.40. The first-order valence-corrected chi connectivity index (χ1v) is 15.3. The summed E-state index contributed by atoms with van der Waals surface area (Å²) in [5, 5.41) is 30.6. The van der Waals surface area contributed by atoms with Crippen LogP contribution in [0.3, 0.4) is 0 Å². The number of carbonyl (C=O) groups excluding carboxylic acids is 1. The van der Waals surface area contributed by atoms with E-state index in [9.17, 15) is 20.1 Å². The van der Waals surface area contributed by atoms with Crippen LogP contribution in [0.15, 0.2) is 6.20 Å². The van der Waals surface area contributed by atoms with Crippen molar-refractivity contribution in [2.45, 2.75) is 135 Å². The van der Waals surface area contributed by atoms with Gasteiger partial charge in [-0.05, 0) is 36.7 Å². The van der Waals surface area contributed by atoms with E-state index in [2.05, 4.69) is 11.9 Å². The molecule has 3 rings (SSSR count). The number of H-pyrrole nitrogens is 1. The Kier molecular flexibility index (Phi) is 12.7. The SMILES string of the molecule is [B]c1c(O)c(O)c(O)c2[nH]cc(CC3CCCN3C(=O)CCCCCCCCCCCCCCCCC)c12. The number of aromatic hydroxyl groups is 3. The number of nitrogens with one attached hydrogen (secondary N) is 1. The summed E-state index contributed by atoms with van der Waals surface area (Å²) in [7, 11) is 6.05. The lowest BCUT2D eigenvalue weighted by Gasteiger charge is -2.25. The largest absolute Gasteiger partial charge is 0.505 e. The van der Waals surface area contributed by atoms with Gasteiger partial charge in [-0.15, -0.1) is 0 Å². The molecule has 1 aromatic heterocycles. The number of hydrogen-bond donors (Lipinski definition) is 4. The van der Waals surface area contributed by atoms with Crippen LogP contribution in [0.25, 0.3) is 10.9 Å². The monoisotopic (exact) mass is 524 g/mol. The van der Waals surface area contributed by atoms with Crippen LogP contribution in [0.1, 0.15) is 128 Å². The molecular weight excluding hydrogens is 475 g/mol. The Hall–Kier alpha value is -2.31. The molecular formula is C31H49BN2O4. The van der Waals surface area contributed by atoms with Gasteiger partial charge in [0.05, 0.1) is 5.52 Å². The van der Waals surface area contributed by atoms with Gasteiger partial charge in [-0.25, -0.2) is 0 Å². The number of nitrogens with zero attached hydrogens (tertiary/aromatic N) is 1. The average Bonchev–Trinajstić information content (AvgIpc) is 3.56. The number of unbranched alkanes of at least 4 members (excludes halogenated alkanes) is 14. The van der Waals surface area contributed by atoms with Gasteiger partial charge in [0, 0.05) is 30.6 Å². The molecule has 4 N–H and O–H groups in total. The summed E-state index contributed by atoms with van der Waals surface area (Å²) in [5.41, 5.74) is 1.18. The van der Waals surface area contributed by atoms with Crippen molar-refractivity contribution in [3.05, 3.63) is 11.8 Å². The van der Waals surface area contributed by atoms with E-state index in [1.807, 2.05) is 4.90 Å². The summed E-state index contributed by atoms with van der Waals surface area (Å²) in [6.07, 6.45) is 24.5. The van der Waals surface area contributed by atoms with Crippen LogP contribution in [-0.2, 0) is 11.2 Å². The number of likely N-dealkylation sites (tertiary alicyclic amines) is 1. The minimum absolute atomic E-state index is 0.0419. The van der Waals surface area contributed by atoms with Crippen LogP contribution in [0, 0.1) is 0 Å². The zero-order valence-electron chi connectivity index (χ0n) is 23.6. The lowest BCUT2D eigenvalue weighted by molar-refractivity contribution is -0.132. The molecule has 1 aliphatic rings. The maximum Gasteiger partial charge on any atom is 0.222 e. The summed E-state index contributed by atoms with van der Waals surface area (Å²) < 4.78 is 0. The number of phenols is 3. The molecule has 1 aromatic carbocycles. The fraction of sp³-hybridized carbons (Fsp3) is 0.710. The quantitative estimate of drug-likeness (QED) is 0.0972. The maximum atomic E-state index is 13.0. The molecule has 210 valence electrons. The van der Waals surface area contributed by atoms with E-state index in [4.69, 9.17) is 7.85 Å². The second-order valence-electron chi connectivity index (χ2n) is 11.3. The third-order valence-corrected chi connectivity index (χ3v) is 8.32. The number of hydrogen-bond acceptors (Lipinski definition) is 4. The van der Waals surface area contributed by atoms with Gasteiger partial charge in [0.15, 0.2) is 11.5 Å². The fourth-order valence-electron chi connectivity index (χ4n) is 6.02. The minimum Gasteiger partial charge on any atom is -0.505 e. The standard InChI is InChI=1S/C31H49BN2O4/c1-2-3-4-5-6-7-8-9-10-11-12-13-14-15-16-19-25(35)34-20-17-18-24(34)21-23-22-33-28-26(23)27(32)29(36)31(38)30(28)37/h22,24,33,36-38H,2-21H2,1H3. The van der Waals surface area contributed by atoms with E-state index in [1.54, 1.807) is 6.20 Å². The van der Waals surface area contributed by atoms with Crippen LogP contribution in [0.4, 0.5) is 0 Å². The zero-order chi connectivity index (χ0) is 27.3. The number of amides is 1. The number of fused-ring (bicyclic) bond motifs is 1. The molecule has 7 heteroatoms. The third kappa shape index (κ3) is 8.35. The van der Waals surface area contributed by atoms with Crippen molar-refractivity contribution in [1.29, 1.82) is 0 Å². The van der Waals surface area contributed by atoms with Crippen LogP contribution >= 0.6 is 0 Å². The van der Waals surface area contributed by atoms with E-state index in [1.165, 1.54) is 83.5 Å². The third-order valence-electron chi connectivity index (χ3n) is 8.32. The van der Waals surface area contributed by atoms with Crippen LogP contribution in [0.2, 0.25) is 0 Å². The van der Waals surface area contributed by atoms with E-state index in [0.717, 1.165) is 37.8 Å². The lowest BCUT2D eigenvalue weighted by atomic mass is 9.87. The van der Waals surface area contributed by atoms with E-state index in [0.29, 0.717) is 23.7 Å².